The second-order valence-electron chi connectivity index (χ2n) is 5.28. The Morgan fingerprint density at radius 1 is 0.667 bits per heavy atom. The summed E-state index contributed by atoms with van der Waals surface area (Å²) in [5.41, 5.74) is 12.9. The molecule has 1 atom stereocenters. The van der Waals surface area contributed by atoms with E-state index in [0.717, 1.165) is 5.69 Å². The molecule has 0 fully saturated rings. The van der Waals surface area contributed by atoms with Gasteiger partial charge in [0, 0.05) is 0 Å². The molecule has 4 rings (SSSR count). The van der Waals surface area contributed by atoms with Gasteiger partial charge in [-0.2, -0.15) is 0 Å². The molecule has 2 heteroatoms. The summed E-state index contributed by atoms with van der Waals surface area (Å²) in [6, 6.07) is 27.8. The van der Waals surface area contributed by atoms with Crippen LogP contribution in [0.1, 0.15) is 17.2 Å². The summed E-state index contributed by atoms with van der Waals surface area (Å²) in [5, 5.41) is 0. The van der Waals surface area contributed by atoms with Crippen molar-refractivity contribution >= 4 is 5.69 Å². The van der Waals surface area contributed by atoms with Crippen molar-refractivity contribution in [3.8, 4) is 11.1 Å². The van der Waals surface area contributed by atoms with Gasteiger partial charge < -0.3 is 5.43 Å². The Hall–Kier alpha value is -2.58. The van der Waals surface area contributed by atoms with Crippen LogP contribution in [-0.4, -0.2) is 0 Å². The first-order chi connectivity index (χ1) is 10.4. The lowest BCUT2D eigenvalue weighted by molar-refractivity contribution is 0.729. The summed E-state index contributed by atoms with van der Waals surface area (Å²) >= 11 is 0. The number of fused-ring (bicyclic) bond motifs is 1. The Morgan fingerprint density at radius 3 is 2.14 bits per heavy atom. The summed E-state index contributed by atoms with van der Waals surface area (Å²) < 4.78 is 0. The average Bonchev–Trinajstić information content (AvgIpc) is 2.99. The van der Waals surface area contributed by atoms with Gasteiger partial charge in [0.25, 0.3) is 0 Å². The molecule has 3 aromatic rings. The number of benzene rings is 3. The van der Waals surface area contributed by atoms with E-state index in [9.17, 15) is 0 Å². The molecule has 0 aliphatic carbocycles. The Labute approximate surface area is 124 Å². The Kier molecular flexibility index (Phi) is 2.94. The van der Waals surface area contributed by atoms with Gasteiger partial charge in [0.15, 0.2) is 0 Å². The average molecular weight is 272 g/mol. The van der Waals surface area contributed by atoms with Crippen LogP contribution >= 0.6 is 0 Å². The van der Waals surface area contributed by atoms with E-state index >= 15 is 0 Å². The fourth-order valence-corrected chi connectivity index (χ4v) is 2.86. The van der Waals surface area contributed by atoms with Crippen molar-refractivity contribution in [2.24, 2.45) is 0 Å². The zero-order chi connectivity index (χ0) is 14.1. The Bertz CT molecular complexity index is 751. The van der Waals surface area contributed by atoms with Crippen molar-refractivity contribution < 1.29 is 0 Å². The predicted molar refractivity (Wildman–Crippen MR) is 86.9 cm³/mol. The van der Waals surface area contributed by atoms with Crippen molar-refractivity contribution in [3.05, 3.63) is 90.0 Å². The van der Waals surface area contributed by atoms with E-state index in [1.54, 1.807) is 0 Å². The Morgan fingerprint density at radius 2 is 1.38 bits per heavy atom. The van der Waals surface area contributed by atoms with Crippen LogP contribution in [-0.2, 0) is 0 Å². The van der Waals surface area contributed by atoms with E-state index in [-0.39, 0.29) is 6.04 Å². The maximum atomic E-state index is 3.37. The van der Waals surface area contributed by atoms with E-state index in [4.69, 9.17) is 0 Å². The van der Waals surface area contributed by atoms with Crippen molar-refractivity contribution in [1.29, 1.82) is 0 Å². The van der Waals surface area contributed by atoms with Gasteiger partial charge in [-0.15, -0.1) is 0 Å². The van der Waals surface area contributed by atoms with Gasteiger partial charge in [-0.1, -0.05) is 72.8 Å². The second-order valence-corrected chi connectivity index (χ2v) is 5.28. The minimum atomic E-state index is 0.214. The third-order valence-corrected chi connectivity index (χ3v) is 3.96. The van der Waals surface area contributed by atoms with Crippen LogP contribution < -0.4 is 10.9 Å². The smallest absolute Gasteiger partial charge is 0.0780 e. The van der Waals surface area contributed by atoms with Gasteiger partial charge in [0.1, 0.15) is 0 Å². The molecule has 3 aromatic carbocycles. The number of rotatable bonds is 2. The van der Waals surface area contributed by atoms with E-state index < -0.39 is 0 Å². The SMILES string of the molecule is c1ccc(-c2ccc3c(c2)NNC3c2ccccc2)cc1. The molecule has 2 nitrogen and oxygen atoms in total. The molecule has 0 aromatic heterocycles. The molecule has 1 unspecified atom stereocenters. The van der Waals surface area contributed by atoms with Gasteiger partial charge in [-0.05, 0) is 28.3 Å². The lowest BCUT2D eigenvalue weighted by atomic mass is 9.96. The van der Waals surface area contributed by atoms with E-state index in [1.165, 1.54) is 22.3 Å². The molecule has 1 aliphatic heterocycles. The third kappa shape index (κ3) is 2.20. The number of hydrogen-bond acceptors (Lipinski definition) is 2. The summed E-state index contributed by atoms with van der Waals surface area (Å²) in [4.78, 5) is 0. The first-order valence-electron chi connectivity index (χ1n) is 7.18. The standard InChI is InChI=1S/C19H16N2/c1-3-7-14(8-4-1)16-11-12-17-18(13-16)20-21-19(17)15-9-5-2-6-10-15/h1-13,19-21H. The molecular weight excluding hydrogens is 256 g/mol. The lowest BCUT2D eigenvalue weighted by Crippen LogP contribution is -2.19. The fourth-order valence-electron chi connectivity index (χ4n) is 2.86. The Balaban J connectivity index is 1.72. The first kappa shape index (κ1) is 12.2. The highest BCUT2D eigenvalue weighted by atomic mass is 15.4. The minimum Gasteiger partial charge on any atom is -0.320 e. The largest absolute Gasteiger partial charge is 0.320 e. The normalized spacial score (nSPS) is 16.3. The van der Waals surface area contributed by atoms with E-state index in [2.05, 4.69) is 77.6 Å². The summed E-state index contributed by atoms with van der Waals surface area (Å²) in [5.74, 6) is 0. The molecule has 2 N–H and O–H groups in total. The quantitative estimate of drug-likeness (QED) is 0.723. The van der Waals surface area contributed by atoms with Gasteiger partial charge in [-0.25, -0.2) is 5.43 Å². The van der Waals surface area contributed by atoms with Crippen LogP contribution in [0.15, 0.2) is 78.9 Å². The van der Waals surface area contributed by atoms with Crippen LogP contribution in [0.3, 0.4) is 0 Å². The molecule has 102 valence electrons. The van der Waals surface area contributed by atoms with Crippen molar-refractivity contribution in [2.45, 2.75) is 6.04 Å². The fraction of sp³-hybridized carbons (Fsp3) is 0.0526. The predicted octanol–water partition coefficient (Wildman–Crippen LogP) is 4.37. The maximum Gasteiger partial charge on any atom is 0.0780 e. The zero-order valence-electron chi connectivity index (χ0n) is 11.6. The molecule has 0 saturated heterocycles. The van der Waals surface area contributed by atoms with Crippen molar-refractivity contribution in [3.63, 3.8) is 0 Å². The monoisotopic (exact) mass is 272 g/mol. The van der Waals surface area contributed by atoms with Crippen LogP contribution in [0.4, 0.5) is 5.69 Å². The van der Waals surface area contributed by atoms with Gasteiger partial charge in [-0.3, -0.25) is 0 Å². The highest BCUT2D eigenvalue weighted by Gasteiger charge is 2.23. The maximum absolute atomic E-state index is 3.37. The minimum absolute atomic E-state index is 0.214. The topological polar surface area (TPSA) is 24.1 Å². The molecule has 1 heterocycles. The number of hydrogen-bond donors (Lipinski definition) is 2. The van der Waals surface area contributed by atoms with Crippen LogP contribution in [0.2, 0.25) is 0 Å². The number of hydrazine groups is 1. The van der Waals surface area contributed by atoms with Crippen LogP contribution in [0, 0.1) is 0 Å². The molecule has 0 bridgehead atoms. The molecule has 0 saturated carbocycles. The second kappa shape index (κ2) is 5.08. The van der Waals surface area contributed by atoms with Crippen molar-refractivity contribution in [1.82, 2.24) is 5.43 Å². The van der Waals surface area contributed by atoms with Gasteiger partial charge in [0.05, 0.1) is 11.7 Å². The van der Waals surface area contributed by atoms with E-state index in [0.29, 0.717) is 0 Å². The highest BCUT2D eigenvalue weighted by Crippen LogP contribution is 2.35. The summed E-state index contributed by atoms with van der Waals surface area (Å²) in [7, 11) is 0. The zero-order valence-corrected chi connectivity index (χ0v) is 11.6. The van der Waals surface area contributed by atoms with Gasteiger partial charge >= 0.3 is 0 Å². The van der Waals surface area contributed by atoms with Crippen LogP contribution in [0.25, 0.3) is 11.1 Å². The number of anilines is 1. The highest BCUT2D eigenvalue weighted by molar-refractivity contribution is 5.72. The molecule has 0 amide bonds. The molecule has 0 radical (unpaired) electrons. The molecule has 21 heavy (non-hydrogen) atoms. The lowest BCUT2D eigenvalue weighted by Gasteiger charge is -2.11. The van der Waals surface area contributed by atoms with Crippen molar-refractivity contribution in [2.75, 3.05) is 5.43 Å². The summed E-state index contributed by atoms with van der Waals surface area (Å²) in [6.45, 7) is 0. The molecule has 1 aliphatic rings. The first-order valence-corrected chi connectivity index (χ1v) is 7.18. The third-order valence-electron chi connectivity index (χ3n) is 3.96. The molecule has 0 spiro atoms. The number of nitrogens with one attached hydrogen (secondary N) is 2. The molecular formula is C19H16N2. The van der Waals surface area contributed by atoms with E-state index in [1.807, 2.05) is 12.1 Å². The summed E-state index contributed by atoms with van der Waals surface area (Å²) in [6.07, 6.45) is 0. The van der Waals surface area contributed by atoms with Crippen LogP contribution in [0.5, 0.6) is 0 Å². The van der Waals surface area contributed by atoms with Gasteiger partial charge in [0.2, 0.25) is 0 Å².